The van der Waals surface area contributed by atoms with Gasteiger partial charge >= 0.3 is 0 Å². The van der Waals surface area contributed by atoms with Crippen molar-refractivity contribution in [3.8, 4) is 5.75 Å². The lowest BCUT2D eigenvalue weighted by molar-refractivity contribution is -0.535. The first-order chi connectivity index (χ1) is 10.5. The Balaban J connectivity index is 2.05. The number of fused-ring (bicyclic) bond motifs is 1. The predicted molar refractivity (Wildman–Crippen MR) is 80.7 cm³/mol. The zero-order valence-corrected chi connectivity index (χ0v) is 12.6. The van der Waals surface area contributed by atoms with E-state index in [0.29, 0.717) is 26.9 Å². The molecule has 7 heteroatoms. The molecule has 2 aromatic rings. The quantitative estimate of drug-likeness (QED) is 0.598. The Hall–Kier alpha value is -1.85. The Kier molecular flexibility index (Phi) is 3.93. The van der Waals surface area contributed by atoms with Gasteiger partial charge < -0.3 is 4.74 Å². The predicted octanol–water partition coefficient (Wildman–Crippen LogP) is 4.45. The Labute approximate surface area is 135 Å². The molecular formula is C15H10Cl2FNO3. The molecule has 0 saturated carbocycles. The van der Waals surface area contributed by atoms with Crippen LogP contribution in [0.15, 0.2) is 36.4 Å². The van der Waals surface area contributed by atoms with Crippen molar-refractivity contribution in [1.82, 2.24) is 0 Å². The van der Waals surface area contributed by atoms with Crippen LogP contribution >= 0.6 is 23.2 Å². The molecule has 0 amide bonds. The van der Waals surface area contributed by atoms with Gasteiger partial charge in [-0.2, -0.15) is 0 Å². The molecule has 2 unspecified atom stereocenters. The minimum Gasteiger partial charge on any atom is -0.477 e. The first-order valence-corrected chi connectivity index (χ1v) is 7.25. The molecule has 0 fully saturated rings. The van der Waals surface area contributed by atoms with Crippen molar-refractivity contribution in [1.29, 1.82) is 0 Å². The summed E-state index contributed by atoms with van der Waals surface area (Å²) in [6.07, 6.45) is -0.688. The molecule has 3 rings (SSSR count). The molecule has 4 nitrogen and oxygen atoms in total. The van der Waals surface area contributed by atoms with E-state index in [-0.39, 0.29) is 6.42 Å². The molecule has 1 aliphatic rings. The normalized spacial score (nSPS) is 20.1. The van der Waals surface area contributed by atoms with Crippen molar-refractivity contribution >= 4 is 23.2 Å². The molecule has 2 atom stereocenters. The zero-order chi connectivity index (χ0) is 15.9. The fourth-order valence-electron chi connectivity index (χ4n) is 2.56. The van der Waals surface area contributed by atoms with Crippen molar-refractivity contribution in [3.05, 3.63) is 73.5 Å². The summed E-state index contributed by atoms with van der Waals surface area (Å²) in [5, 5.41) is 12.1. The second-order valence-electron chi connectivity index (χ2n) is 5.02. The molecule has 0 bridgehead atoms. The van der Waals surface area contributed by atoms with Gasteiger partial charge in [0.1, 0.15) is 11.6 Å². The van der Waals surface area contributed by atoms with E-state index in [4.69, 9.17) is 27.9 Å². The van der Waals surface area contributed by atoms with Crippen LogP contribution in [0, 0.1) is 15.9 Å². The van der Waals surface area contributed by atoms with E-state index < -0.39 is 22.9 Å². The molecule has 0 aliphatic carbocycles. The maximum absolute atomic E-state index is 13.0. The van der Waals surface area contributed by atoms with Crippen LogP contribution in [0.4, 0.5) is 4.39 Å². The first kappa shape index (κ1) is 15.1. The monoisotopic (exact) mass is 341 g/mol. The maximum atomic E-state index is 13.0. The van der Waals surface area contributed by atoms with Crippen molar-refractivity contribution < 1.29 is 14.1 Å². The zero-order valence-electron chi connectivity index (χ0n) is 11.1. The number of nitrogens with zero attached hydrogens (tertiary/aromatic N) is 1. The minimum absolute atomic E-state index is 0.144. The van der Waals surface area contributed by atoms with Gasteiger partial charge in [-0.1, -0.05) is 35.3 Å². The van der Waals surface area contributed by atoms with Crippen molar-refractivity contribution in [2.45, 2.75) is 18.6 Å². The van der Waals surface area contributed by atoms with Crippen LogP contribution in [0.2, 0.25) is 10.0 Å². The molecule has 0 radical (unpaired) electrons. The van der Waals surface area contributed by atoms with Crippen LogP contribution in [-0.2, 0) is 6.42 Å². The third kappa shape index (κ3) is 2.74. The molecule has 1 aliphatic heterocycles. The third-order valence-corrected chi connectivity index (χ3v) is 4.08. The van der Waals surface area contributed by atoms with Gasteiger partial charge in [-0.05, 0) is 29.8 Å². The number of nitro groups is 1. The van der Waals surface area contributed by atoms with E-state index in [9.17, 15) is 14.5 Å². The Morgan fingerprint density at radius 3 is 2.55 bits per heavy atom. The molecule has 0 spiro atoms. The summed E-state index contributed by atoms with van der Waals surface area (Å²) in [7, 11) is 0. The number of ether oxygens (including phenoxy) is 1. The van der Waals surface area contributed by atoms with Gasteiger partial charge in [-0.3, -0.25) is 10.1 Å². The van der Waals surface area contributed by atoms with Gasteiger partial charge in [0.2, 0.25) is 0 Å². The lowest BCUT2D eigenvalue weighted by Gasteiger charge is -2.29. The summed E-state index contributed by atoms with van der Waals surface area (Å²) in [6.45, 7) is 0. The smallest absolute Gasteiger partial charge is 0.257 e. The standard InChI is InChI=1S/C15H10Cl2FNO3/c16-10-5-9-6-13(19(20)21)15(22-14(9)12(17)7-10)8-1-3-11(18)4-2-8/h1-5,7,13,15H,6H2. The molecule has 0 N–H and O–H groups in total. The number of benzene rings is 2. The van der Waals surface area contributed by atoms with Gasteiger partial charge in [0.05, 0.1) is 5.02 Å². The highest BCUT2D eigenvalue weighted by Crippen LogP contribution is 2.42. The van der Waals surface area contributed by atoms with Gasteiger partial charge in [0.25, 0.3) is 6.04 Å². The second kappa shape index (κ2) is 5.74. The van der Waals surface area contributed by atoms with Gasteiger partial charge in [-0.25, -0.2) is 4.39 Å². The first-order valence-electron chi connectivity index (χ1n) is 6.49. The summed E-state index contributed by atoms with van der Waals surface area (Å²) in [4.78, 5) is 11.0. The van der Waals surface area contributed by atoms with E-state index in [0.717, 1.165) is 0 Å². The topological polar surface area (TPSA) is 52.4 Å². The third-order valence-electron chi connectivity index (χ3n) is 3.58. The average Bonchev–Trinajstić information content (AvgIpc) is 2.47. The summed E-state index contributed by atoms with van der Waals surface area (Å²) in [5.41, 5.74) is 1.12. The van der Waals surface area contributed by atoms with E-state index in [2.05, 4.69) is 0 Å². The Morgan fingerprint density at radius 1 is 1.23 bits per heavy atom. The summed E-state index contributed by atoms with van der Waals surface area (Å²) < 4.78 is 18.8. The summed E-state index contributed by atoms with van der Waals surface area (Å²) in [6, 6.07) is 7.59. The van der Waals surface area contributed by atoms with Crippen LogP contribution in [-0.4, -0.2) is 11.0 Å². The van der Waals surface area contributed by atoms with E-state index in [1.807, 2.05) is 0 Å². The van der Waals surface area contributed by atoms with Crippen LogP contribution in [0.1, 0.15) is 17.2 Å². The Morgan fingerprint density at radius 2 is 1.91 bits per heavy atom. The van der Waals surface area contributed by atoms with E-state index in [1.54, 1.807) is 6.07 Å². The second-order valence-corrected chi connectivity index (χ2v) is 5.87. The molecular weight excluding hydrogens is 332 g/mol. The van der Waals surface area contributed by atoms with Crippen molar-refractivity contribution in [2.75, 3.05) is 0 Å². The fraction of sp³-hybridized carbons (Fsp3) is 0.200. The van der Waals surface area contributed by atoms with Gasteiger partial charge in [0.15, 0.2) is 6.10 Å². The number of halogens is 3. The number of hydrogen-bond donors (Lipinski definition) is 0. The van der Waals surface area contributed by atoms with Crippen molar-refractivity contribution in [3.63, 3.8) is 0 Å². The highest BCUT2D eigenvalue weighted by Gasteiger charge is 2.40. The largest absolute Gasteiger partial charge is 0.477 e. The highest BCUT2D eigenvalue weighted by atomic mass is 35.5. The SMILES string of the molecule is O=[N+]([O-])C1Cc2cc(Cl)cc(Cl)c2OC1c1ccc(F)cc1. The lowest BCUT2D eigenvalue weighted by atomic mass is 9.93. The number of rotatable bonds is 2. The average molecular weight is 342 g/mol. The fourth-order valence-corrected chi connectivity index (χ4v) is 3.14. The minimum atomic E-state index is -0.993. The summed E-state index contributed by atoms with van der Waals surface area (Å²) >= 11 is 12.0. The molecule has 22 heavy (non-hydrogen) atoms. The van der Waals surface area contributed by atoms with Crippen molar-refractivity contribution in [2.24, 2.45) is 0 Å². The van der Waals surface area contributed by atoms with Crippen LogP contribution in [0.3, 0.4) is 0 Å². The van der Waals surface area contributed by atoms with Gasteiger partial charge in [0, 0.05) is 21.9 Å². The van der Waals surface area contributed by atoms with Crippen LogP contribution < -0.4 is 4.74 Å². The molecule has 0 saturated heterocycles. The maximum Gasteiger partial charge on any atom is 0.257 e. The molecule has 114 valence electrons. The molecule has 2 aromatic carbocycles. The van der Waals surface area contributed by atoms with E-state index in [1.165, 1.54) is 30.3 Å². The van der Waals surface area contributed by atoms with Crippen LogP contribution in [0.25, 0.3) is 0 Å². The highest BCUT2D eigenvalue weighted by molar-refractivity contribution is 6.35. The molecule has 1 heterocycles. The molecule has 0 aromatic heterocycles. The van der Waals surface area contributed by atoms with Crippen LogP contribution in [0.5, 0.6) is 5.75 Å². The van der Waals surface area contributed by atoms with E-state index >= 15 is 0 Å². The lowest BCUT2D eigenvalue weighted by Crippen LogP contribution is -2.36. The van der Waals surface area contributed by atoms with Gasteiger partial charge in [-0.15, -0.1) is 0 Å². The Bertz CT molecular complexity index is 736. The number of hydrogen-bond acceptors (Lipinski definition) is 3. The summed E-state index contributed by atoms with van der Waals surface area (Å²) in [5.74, 6) is -0.0269.